The Morgan fingerprint density at radius 3 is 2.85 bits per heavy atom. The third kappa shape index (κ3) is 3.44. The van der Waals surface area contributed by atoms with Crippen LogP contribution in [0.2, 0.25) is 0 Å². The van der Waals surface area contributed by atoms with Gasteiger partial charge in [-0.15, -0.1) is 0 Å². The molecule has 0 atom stereocenters. The third-order valence-electron chi connectivity index (χ3n) is 2.87. The van der Waals surface area contributed by atoms with E-state index in [4.69, 9.17) is 4.74 Å². The largest absolute Gasteiger partial charge is 0.494 e. The fourth-order valence-electron chi connectivity index (χ4n) is 1.87. The van der Waals surface area contributed by atoms with Gasteiger partial charge in [0.2, 0.25) is 0 Å². The summed E-state index contributed by atoms with van der Waals surface area (Å²) in [6.45, 7) is 4.91. The average molecular weight is 275 g/mol. The zero-order chi connectivity index (χ0) is 14.4. The van der Waals surface area contributed by atoms with Crippen LogP contribution in [0.15, 0.2) is 30.6 Å². The summed E-state index contributed by atoms with van der Waals surface area (Å²) in [4.78, 5) is 7.84. The molecule has 2 aromatic rings. The van der Waals surface area contributed by atoms with Crippen molar-refractivity contribution >= 4 is 5.82 Å². The zero-order valence-corrected chi connectivity index (χ0v) is 11.7. The Hall–Kier alpha value is -2.17. The van der Waals surface area contributed by atoms with E-state index in [0.717, 1.165) is 11.3 Å². The highest BCUT2D eigenvalue weighted by Crippen LogP contribution is 2.17. The average Bonchev–Trinajstić information content (AvgIpc) is 2.47. The predicted octanol–water partition coefficient (Wildman–Crippen LogP) is 3.19. The van der Waals surface area contributed by atoms with Crippen molar-refractivity contribution < 1.29 is 9.13 Å². The molecule has 1 aromatic carbocycles. The van der Waals surface area contributed by atoms with Gasteiger partial charge < -0.3 is 10.1 Å². The van der Waals surface area contributed by atoms with Gasteiger partial charge in [0.05, 0.1) is 12.3 Å². The number of benzene rings is 1. The van der Waals surface area contributed by atoms with Gasteiger partial charge in [-0.05, 0) is 31.0 Å². The maximum atomic E-state index is 14.0. The van der Waals surface area contributed by atoms with Crippen molar-refractivity contribution in [2.24, 2.45) is 0 Å². The van der Waals surface area contributed by atoms with E-state index < -0.39 is 0 Å². The summed E-state index contributed by atoms with van der Waals surface area (Å²) < 4.78 is 19.4. The Labute approximate surface area is 118 Å². The van der Waals surface area contributed by atoms with Crippen molar-refractivity contribution in [2.45, 2.75) is 26.8 Å². The molecule has 2 rings (SSSR count). The number of nitrogens with zero attached hydrogens (tertiary/aromatic N) is 2. The highest BCUT2D eigenvalue weighted by Gasteiger charge is 2.09. The van der Waals surface area contributed by atoms with E-state index in [1.165, 1.54) is 6.33 Å². The molecule has 0 amide bonds. The molecule has 0 radical (unpaired) electrons. The second-order valence-electron chi connectivity index (χ2n) is 4.27. The highest BCUT2D eigenvalue weighted by atomic mass is 19.1. The maximum Gasteiger partial charge on any atom is 0.186 e. The summed E-state index contributed by atoms with van der Waals surface area (Å²) in [7, 11) is 0. The van der Waals surface area contributed by atoms with Gasteiger partial charge in [-0.1, -0.05) is 19.1 Å². The molecule has 0 aliphatic heterocycles. The van der Waals surface area contributed by atoms with E-state index in [0.29, 0.717) is 25.3 Å². The van der Waals surface area contributed by atoms with Crippen molar-refractivity contribution in [2.75, 3.05) is 11.9 Å². The van der Waals surface area contributed by atoms with E-state index in [-0.39, 0.29) is 11.6 Å². The van der Waals surface area contributed by atoms with Crippen molar-refractivity contribution in [3.8, 4) is 5.75 Å². The molecule has 1 N–H and O–H groups in total. The molecule has 106 valence electrons. The van der Waals surface area contributed by atoms with Crippen molar-refractivity contribution in [1.82, 2.24) is 9.97 Å². The first-order valence-corrected chi connectivity index (χ1v) is 6.69. The number of anilines is 1. The summed E-state index contributed by atoms with van der Waals surface area (Å²) in [6.07, 6.45) is 1.92. The van der Waals surface area contributed by atoms with E-state index in [9.17, 15) is 4.39 Å². The van der Waals surface area contributed by atoms with Crippen LogP contribution in [0.1, 0.15) is 25.1 Å². The fourth-order valence-corrected chi connectivity index (χ4v) is 1.87. The minimum absolute atomic E-state index is 0.235. The second kappa shape index (κ2) is 6.84. The van der Waals surface area contributed by atoms with Crippen LogP contribution in [0.5, 0.6) is 5.75 Å². The van der Waals surface area contributed by atoms with Gasteiger partial charge in [0.25, 0.3) is 0 Å². The lowest BCUT2D eigenvalue weighted by atomic mass is 10.2. The van der Waals surface area contributed by atoms with Gasteiger partial charge in [0.1, 0.15) is 12.1 Å². The number of rotatable bonds is 6. The summed E-state index contributed by atoms with van der Waals surface area (Å²) in [5.74, 6) is 0.666. The van der Waals surface area contributed by atoms with Crippen LogP contribution >= 0.6 is 0 Å². The fraction of sp³-hybridized carbons (Fsp3) is 0.333. The molecule has 0 saturated carbocycles. The lowest BCUT2D eigenvalue weighted by molar-refractivity contribution is 0.340. The molecule has 0 spiro atoms. The number of nitrogens with one attached hydrogen (secondary N) is 1. The van der Waals surface area contributed by atoms with Gasteiger partial charge in [0.15, 0.2) is 11.6 Å². The maximum absolute atomic E-state index is 14.0. The first kappa shape index (κ1) is 14.2. The predicted molar refractivity (Wildman–Crippen MR) is 76.3 cm³/mol. The van der Waals surface area contributed by atoms with Gasteiger partial charge in [-0.25, -0.2) is 14.4 Å². The molecule has 1 heterocycles. The van der Waals surface area contributed by atoms with Gasteiger partial charge in [-0.2, -0.15) is 0 Å². The number of hydrogen-bond acceptors (Lipinski definition) is 4. The SMILES string of the molecule is CCOc1cccc(CNc2ncnc(CC)c2F)c1. The van der Waals surface area contributed by atoms with Crippen LogP contribution in [0.4, 0.5) is 10.2 Å². The first-order chi connectivity index (χ1) is 9.74. The van der Waals surface area contributed by atoms with Crippen LogP contribution in [0.25, 0.3) is 0 Å². The molecule has 1 aromatic heterocycles. The summed E-state index contributed by atoms with van der Waals surface area (Å²) in [6, 6.07) is 7.69. The van der Waals surface area contributed by atoms with Crippen molar-refractivity contribution in [3.63, 3.8) is 0 Å². The van der Waals surface area contributed by atoms with Gasteiger partial charge in [-0.3, -0.25) is 0 Å². The topological polar surface area (TPSA) is 47.0 Å². The lowest BCUT2D eigenvalue weighted by Gasteiger charge is -2.09. The molecule has 0 fully saturated rings. The first-order valence-electron chi connectivity index (χ1n) is 6.69. The Balaban J connectivity index is 2.07. The molecule has 0 aliphatic rings. The summed E-state index contributed by atoms with van der Waals surface area (Å²) in [5.41, 5.74) is 1.43. The Morgan fingerprint density at radius 1 is 1.25 bits per heavy atom. The second-order valence-corrected chi connectivity index (χ2v) is 4.27. The molecule has 4 nitrogen and oxygen atoms in total. The molecule has 0 bridgehead atoms. The zero-order valence-electron chi connectivity index (χ0n) is 11.7. The smallest absolute Gasteiger partial charge is 0.186 e. The number of halogens is 1. The van der Waals surface area contributed by atoms with E-state index in [2.05, 4.69) is 15.3 Å². The molecule has 20 heavy (non-hydrogen) atoms. The van der Waals surface area contributed by atoms with E-state index in [1.807, 2.05) is 38.1 Å². The quantitative estimate of drug-likeness (QED) is 0.879. The number of aromatic nitrogens is 2. The normalized spacial score (nSPS) is 10.3. The van der Waals surface area contributed by atoms with Crippen LogP contribution in [-0.4, -0.2) is 16.6 Å². The Morgan fingerprint density at radius 2 is 2.10 bits per heavy atom. The third-order valence-corrected chi connectivity index (χ3v) is 2.87. The number of aryl methyl sites for hydroxylation is 1. The minimum atomic E-state index is -0.379. The molecule has 5 heteroatoms. The minimum Gasteiger partial charge on any atom is -0.494 e. The van der Waals surface area contributed by atoms with Crippen molar-refractivity contribution in [3.05, 3.63) is 47.7 Å². The molecule has 0 saturated heterocycles. The van der Waals surface area contributed by atoms with E-state index in [1.54, 1.807) is 0 Å². The van der Waals surface area contributed by atoms with Crippen LogP contribution in [0, 0.1) is 5.82 Å². The van der Waals surface area contributed by atoms with Crippen LogP contribution < -0.4 is 10.1 Å². The summed E-state index contributed by atoms with van der Waals surface area (Å²) in [5, 5.41) is 2.99. The molecular weight excluding hydrogens is 257 g/mol. The molecular formula is C15H18FN3O. The van der Waals surface area contributed by atoms with Gasteiger partial charge in [0, 0.05) is 6.54 Å². The monoisotopic (exact) mass is 275 g/mol. The Bertz CT molecular complexity index is 575. The summed E-state index contributed by atoms with van der Waals surface area (Å²) >= 11 is 0. The van der Waals surface area contributed by atoms with Crippen LogP contribution in [-0.2, 0) is 13.0 Å². The standard InChI is InChI=1S/C15H18FN3O/c1-3-13-14(16)15(19-10-18-13)17-9-11-6-5-7-12(8-11)20-4-2/h5-8,10H,3-4,9H2,1-2H3,(H,17,18,19). The number of ether oxygens (including phenoxy) is 1. The molecule has 0 aliphatic carbocycles. The van der Waals surface area contributed by atoms with Crippen molar-refractivity contribution in [1.29, 1.82) is 0 Å². The van der Waals surface area contributed by atoms with Crippen LogP contribution in [0.3, 0.4) is 0 Å². The highest BCUT2D eigenvalue weighted by molar-refractivity contribution is 5.39. The molecule has 0 unspecified atom stereocenters. The Kier molecular flexibility index (Phi) is 4.87. The van der Waals surface area contributed by atoms with E-state index >= 15 is 0 Å². The van der Waals surface area contributed by atoms with Gasteiger partial charge >= 0.3 is 0 Å². The number of hydrogen-bond donors (Lipinski definition) is 1. The lowest BCUT2D eigenvalue weighted by Crippen LogP contribution is -2.07.